The molecule has 1 unspecified atom stereocenters. The molecule has 22 heavy (non-hydrogen) atoms. The normalized spacial score (nSPS) is 22.2. The fraction of sp³-hybridized carbons (Fsp3) is 0.625. The molecule has 1 aromatic carbocycles. The minimum atomic E-state index is 0.111. The molecule has 0 amide bonds. The first-order valence-corrected chi connectivity index (χ1v) is 7.80. The predicted molar refractivity (Wildman–Crippen MR) is 82.7 cm³/mol. The Labute approximate surface area is 131 Å². The number of methoxy groups -OCH3 is 1. The van der Waals surface area contributed by atoms with E-state index in [1.807, 2.05) is 12.1 Å². The van der Waals surface area contributed by atoms with Crippen LogP contribution in [0.1, 0.15) is 12.0 Å². The van der Waals surface area contributed by atoms with Gasteiger partial charge >= 0.3 is 0 Å². The summed E-state index contributed by atoms with van der Waals surface area (Å²) in [7, 11) is 1.69. The molecule has 1 fully saturated rings. The van der Waals surface area contributed by atoms with Crippen LogP contribution >= 0.6 is 0 Å². The van der Waals surface area contributed by atoms with E-state index >= 15 is 0 Å². The van der Waals surface area contributed by atoms with E-state index in [-0.39, 0.29) is 6.10 Å². The van der Waals surface area contributed by atoms with Gasteiger partial charge in [0, 0.05) is 44.2 Å². The van der Waals surface area contributed by atoms with Crippen LogP contribution in [0.15, 0.2) is 12.1 Å². The van der Waals surface area contributed by atoms with Crippen LogP contribution in [0.25, 0.3) is 0 Å². The second kappa shape index (κ2) is 7.17. The van der Waals surface area contributed by atoms with Gasteiger partial charge in [0.15, 0.2) is 11.5 Å². The van der Waals surface area contributed by atoms with Crippen LogP contribution in [-0.4, -0.2) is 57.6 Å². The maximum atomic E-state index is 5.78. The molecule has 0 aliphatic carbocycles. The Kier molecular flexibility index (Phi) is 5.02. The Morgan fingerprint density at radius 2 is 2.00 bits per heavy atom. The van der Waals surface area contributed by atoms with Crippen molar-refractivity contribution in [1.82, 2.24) is 4.90 Å². The lowest BCUT2D eigenvalue weighted by molar-refractivity contribution is -0.0262. The molecule has 1 aromatic rings. The van der Waals surface area contributed by atoms with E-state index in [2.05, 4.69) is 4.90 Å². The average molecular weight is 308 g/mol. The SMILES string of the molecule is COc1cc2c(cc1CN1CCOC(CN)C1)OCCCO2. The zero-order valence-corrected chi connectivity index (χ0v) is 13.0. The number of nitrogens with zero attached hydrogens (tertiary/aromatic N) is 1. The maximum absolute atomic E-state index is 5.78. The van der Waals surface area contributed by atoms with E-state index in [0.29, 0.717) is 26.4 Å². The molecular formula is C16H24N2O4. The Morgan fingerprint density at radius 3 is 2.73 bits per heavy atom. The third kappa shape index (κ3) is 3.45. The Morgan fingerprint density at radius 1 is 1.23 bits per heavy atom. The highest BCUT2D eigenvalue weighted by atomic mass is 16.5. The summed E-state index contributed by atoms with van der Waals surface area (Å²) in [6.45, 7) is 5.16. The van der Waals surface area contributed by atoms with Gasteiger partial charge in [-0.05, 0) is 6.07 Å². The summed E-state index contributed by atoms with van der Waals surface area (Å²) in [5.74, 6) is 2.40. The zero-order valence-electron chi connectivity index (χ0n) is 13.0. The smallest absolute Gasteiger partial charge is 0.164 e. The molecule has 122 valence electrons. The standard InChI is InChI=1S/C16H24N2O4/c1-19-14-8-16-15(21-4-2-5-22-16)7-12(14)10-18-3-6-20-13(9-17)11-18/h7-8,13H,2-6,9-11,17H2,1H3. The van der Waals surface area contributed by atoms with E-state index < -0.39 is 0 Å². The summed E-state index contributed by atoms with van der Waals surface area (Å²) >= 11 is 0. The van der Waals surface area contributed by atoms with Crippen molar-refractivity contribution in [3.8, 4) is 17.2 Å². The number of benzene rings is 1. The Bertz CT molecular complexity index is 509. The van der Waals surface area contributed by atoms with Crippen molar-refractivity contribution < 1.29 is 18.9 Å². The molecule has 2 N–H and O–H groups in total. The number of rotatable bonds is 4. The lowest BCUT2D eigenvalue weighted by Crippen LogP contribution is -2.45. The molecule has 1 atom stereocenters. The first kappa shape index (κ1) is 15.4. The third-order valence-electron chi connectivity index (χ3n) is 4.03. The fourth-order valence-corrected chi connectivity index (χ4v) is 2.85. The highest BCUT2D eigenvalue weighted by Gasteiger charge is 2.22. The number of hydrogen-bond donors (Lipinski definition) is 1. The summed E-state index contributed by atoms with van der Waals surface area (Å²) in [4.78, 5) is 2.34. The summed E-state index contributed by atoms with van der Waals surface area (Å²) in [5.41, 5.74) is 6.81. The predicted octanol–water partition coefficient (Wildman–Crippen LogP) is 1.02. The Balaban J connectivity index is 1.78. The first-order chi connectivity index (χ1) is 10.8. The minimum Gasteiger partial charge on any atom is -0.496 e. The largest absolute Gasteiger partial charge is 0.496 e. The zero-order chi connectivity index (χ0) is 15.4. The van der Waals surface area contributed by atoms with Gasteiger partial charge in [-0.2, -0.15) is 0 Å². The molecule has 6 heteroatoms. The second-order valence-corrected chi connectivity index (χ2v) is 5.62. The summed E-state index contributed by atoms with van der Waals surface area (Å²) in [6, 6.07) is 3.96. The van der Waals surface area contributed by atoms with Crippen LogP contribution in [0, 0.1) is 0 Å². The van der Waals surface area contributed by atoms with Crippen molar-refractivity contribution in [2.75, 3.05) is 46.6 Å². The van der Waals surface area contributed by atoms with Crippen LogP contribution in [0.2, 0.25) is 0 Å². The number of morpholine rings is 1. The third-order valence-corrected chi connectivity index (χ3v) is 4.03. The van der Waals surface area contributed by atoms with Gasteiger partial charge in [-0.25, -0.2) is 0 Å². The number of fused-ring (bicyclic) bond motifs is 1. The van der Waals surface area contributed by atoms with E-state index in [4.69, 9.17) is 24.7 Å². The summed E-state index contributed by atoms with van der Waals surface area (Å²) in [6.07, 6.45) is 1.01. The van der Waals surface area contributed by atoms with E-state index in [1.165, 1.54) is 0 Å². The molecular weight excluding hydrogens is 284 g/mol. The van der Waals surface area contributed by atoms with Crippen molar-refractivity contribution in [3.05, 3.63) is 17.7 Å². The molecule has 0 aromatic heterocycles. The number of ether oxygens (including phenoxy) is 4. The van der Waals surface area contributed by atoms with Crippen LogP contribution in [0.4, 0.5) is 0 Å². The molecule has 3 rings (SSSR count). The van der Waals surface area contributed by atoms with Gasteiger partial charge in [0.25, 0.3) is 0 Å². The van der Waals surface area contributed by atoms with Gasteiger partial charge in [0.05, 0.1) is 33.0 Å². The van der Waals surface area contributed by atoms with Crippen LogP contribution < -0.4 is 19.9 Å². The van der Waals surface area contributed by atoms with Crippen molar-refractivity contribution in [1.29, 1.82) is 0 Å². The molecule has 2 aliphatic rings. The van der Waals surface area contributed by atoms with Gasteiger partial charge in [-0.15, -0.1) is 0 Å². The van der Waals surface area contributed by atoms with E-state index in [0.717, 1.165) is 48.9 Å². The molecule has 0 radical (unpaired) electrons. The van der Waals surface area contributed by atoms with Crippen molar-refractivity contribution in [2.45, 2.75) is 19.1 Å². The molecule has 2 aliphatic heterocycles. The van der Waals surface area contributed by atoms with Crippen molar-refractivity contribution >= 4 is 0 Å². The summed E-state index contributed by atoms with van der Waals surface area (Å²) in [5, 5.41) is 0. The van der Waals surface area contributed by atoms with Gasteiger partial charge in [0.1, 0.15) is 5.75 Å². The molecule has 1 saturated heterocycles. The highest BCUT2D eigenvalue weighted by Crippen LogP contribution is 2.37. The monoisotopic (exact) mass is 308 g/mol. The lowest BCUT2D eigenvalue weighted by Gasteiger charge is -2.32. The molecule has 0 saturated carbocycles. The number of hydrogen-bond acceptors (Lipinski definition) is 6. The van der Waals surface area contributed by atoms with E-state index in [1.54, 1.807) is 7.11 Å². The van der Waals surface area contributed by atoms with Crippen LogP contribution in [-0.2, 0) is 11.3 Å². The summed E-state index contributed by atoms with van der Waals surface area (Å²) < 4.78 is 22.6. The van der Waals surface area contributed by atoms with Crippen molar-refractivity contribution in [2.24, 2.45) is 5.73 Å². The average Bonchev–Trinajstić information content (AvgIpc) is 2.79. The second-order valence-electron chi connectivity index (χ2n) is 5.62. The van der Waals surface area contributed by atoms with E-state index in [9.17, 15) is 0 Å². The lowest BCUT2D eigenvalue weighted by atomic mass is 10.1. The van der Waals surface area contributed by atoms with Crippen LogP contribution in [0.3, 0.4) is 0 Å². The topological polar surface area (TPSA) is 66.2 Å². The van der Waals surface area contributed by atoms with Gasteiger partial charge in [0.2, 0.25) is 0 Å². The molecule has 2 heterocycles. The first-order valence-electron chi connectivity index (χ1n) is 7.80. The maximum Gasteiger partial charge on any atom is 0.164 e. The highest BCUT2D eigenvalue weighted by molar-refractivity contribution is 5.51. The minimum absolute atomic E-state index is 0.111. The fourth-order valence-electron chi connectivity index (χ4n) is 2.85. The molecule has 0 spiro atoms. The number of nitrogens with two attached hydrogens (primary N) is 1. The Hall–Kier alpha value is -1.50. The molecule has 0 bridgehead atoms. The van der Waals surface area contributed by atoms with Gasteiger partial charge < -0.3 is 24.7 Å². The van der Waals surface area contributed by atoms with Gasteiger partial charge in [-0.1, -0.05) is 0 Å². The quantitative estimate of drug-likeness (QED) is 0.896. The van der Waals surface area contributed by atoms with Crippen molar-refractivity contribution in [3.63, 3.8) is 0 Å². The van der Waals surface area contributed by atoms with Crippen LogP contribution in [0.5, 0.6) is 17.2 Å². The van der Waals surface area contributed by atoms with Gasteiger partial charge in [-0.3, -0.25) is 4.90 Å². The molecule has 6 nitrogen and oxygen atoms in total.